The van der Waals surface area contributed by atoms with E-state index in [1.54, 1.807) is 29.5 Å². The number of nitrogens with one attached hydrogen (secondary N) is 1. The minimum absolute atomic E-state index is 0.303. The van der Waals surface area contributed by atoms with Crippen LogP contribution in [0.1, 0.15) is 5.56 Å². The number of hydrogen-bond acceptors (Lipinski definition) is 4. The van der Waals surface area contributed by atoms with Gasteiger partial charge in [-0.25, -0.2) is 13.4 Å². The van der Waals surface area contributed by atoms with Crippen LogP contribution in [0.5, 0.6) is 0 Å². The highest BCUT2D eigenvalue weighted by atomic mass is 32.2. The lowest BCUT2D eigenvalue weighted by molar-refractivity contribution is 0.602. The predicted octanol–water partition coefficient (Wildman–Crippen LogP) is 3.00. The van der Waals surface area contributed by atoms with E-state index >= 15 is 0 Å². The number of nitrogens with zero attached hydrogens (tertiary/aromatic N) is 1. The number of H-pyrrole nitrogens is 1. The molecule has 0 aliphatic rings. The Hall–Kier alpha value is -1.66. The smallest absolute Gasteiger partial charge is 0.175 e. The topological polar surface area (TPSA) is 62.8 Å². The van der Waals surface area contributed by atoms with Crippen molar-refractivity contribution in [1.82, 2.24) is 9.97 Å². The first-order valence-corrected chi connectivity index (χ1v) is 8.51. The van der Waals surface area contributed by atoms with Crippen LogP contribution in [0.3, 0.4) is 0 Å². The second-order valence-corrected chi connectivity index (χ2v) is 7.26. The van der Waals surface area contributed by atoms with Gasteiger partial charge in [-0.1, -0.05) is 0 Å². The van der Waals surface area contributed by atoms with Crippen LogP contribution in [0.15, 0.2) is 33.9 Å². The molecule has 0 aliphatic heterocycles. The number of thiophene rings is 1. The van der Waals surface area contributed by atoms with Crippen molar-refractivity contribution < 1.29 is 8.42 Å². The average Bonchev–Trinajstić information content (AvgIpc) is 2.91. The molecule has 1 N–H and O–H groups in total. The molecule has 2 heterocycles. The summed E-state index contributed by atoms with van der Waals surface area (Å²) < 4.78 is 23.1. The summed E-state index contributed by atoms with van der Waals surface area (Å²) >= 11 is 1.62. The van der Waals surface area contributed by atoms with E-state index in [-0.39, 0.29) is 0 Å². The number of imidazole rings is 1. The third-order valence-corrected chi connectivity index (χ3v) is 4.96. The molecular weight excluding hydrogens is 280 g/mol. The molecule has 0 saturated carbocycles. The molecule has 0 saturated heterocycles. The van der Waals surface area contributed by atoms with Gasteiger partial charge in [-0.2, -0.15) is 11.3 Å². The van der Waals surface area contributed by atoms with Crippen molar-refractivity contribution in [2.24, 2.45) is 0 Å². The fourth-order valence-corrected chi connectivity index (χ4v) is 3.43. The van der Waals surface area contributed by atoms with Gasteiger partial charge in [-0.15, -0.1) is 0 Å². The van der Waals surface area contributed by atoms with Crippen LogP contribution >= 0.6 is 11.3 Å². The maximum Gasteiger partial charge on any atom is 0.175 e. The van der Waals surface area contributed by atoms with Gasteiger partial charge in [-0.3, -0.25) is 0 Å². The Bertz CT molecular complexity index is 860. The Balaban J connectivity index is 2.19. The second kappa shape index (κ2) is 4.18. The summed E-state index contributed by atoms with van der Waals surface area (Å²) in [5.74, 6) is 0.777. The molecule has 0 bridgehead atoms. The molecule has 3 rings (SSSR count). The lowest BCUT2D eigenvalue weighted by atomic mass is 10.2. The van der Waals surface area contributed by atoms with Crippen LogP contribution in [0.25, 0.3) is 22.4 Å². The summed E-state index contributed by atoms with van der Waals surface area (Å²) in [6.07, 6.45) is 1.20. The molecule has 2 aromatic heterocycles. The van der Waals surface area contributed by atoms with Crippen LogP contribution < -0.4 is 0 Å². The van der Waals surface area contributed by atoms with Crippen molar-refractivity contribution in [2.75, 3.05) is 6.26 Å². The van der Waals surface area contributed by atoms with E-state index in [2.05, 4.69) is 15.3 Å². The van der Waals surface area contributed by atoms with Gasteiger partial charge in [0.2, 0.25) is 0 Å². The summed E-state index contributed by atoms with van der Waals surface area (Å²) in [5, 5.41) is 4.09. The van der Waals surface area contributed by atoms with E-state index in [0.29, 0.717) is 4.90 Å². The van der Waals surface area contributed by atoms with Gasteiger partial charge in [0, 0.05) is 17.2 Å². The molecule has 0 unspecified atom stereocenters. The first-order chi connectivity index (χ1) is 8.95. The Morgan fingerprint density at radius 3 is 2.68 bits per heavy atom. The third kappa shape index (κ3) is 2.17. The molecule has 0 radical (unpaired) electrons. The molecule has 0 atom stereocenters. The first-order valence-electron chi connectivity index (χ1n) is 5.68. The highest BCUT2D eigenvalue weighted by Gasteiger charge is 2.12. The predicted molar refractivity (Wildman–Crippen MR) is 77.3 cm³/mol. The second-order valence-electron chi connectivity index (χ2n) is 4.51. The van der Waals surface area contributed by atoms with Crippen molar-refractivity contribution >= 4 is 32.2 Å². The number of sulfone groups is 1. The van der Waals surface area contributed by atoms with E-state index in [1.807, 2.05) is 12.3 Å². The van der Waals surface area contributed by atoms with Crippen molar-refractivity contribution in [3.63, 3.8) is 0 Å². The number of benzene rings is 1. The Morgan fingerprint density at radius 2 is 2.05 bits per heavy atom. The van der Waals surface area contributed by atoms with E-state index in [0.717, 1.165) is 28.0 Å². The number of aromatic nitrogens is 2. The zero-order valence-corrected chi connectivity index (χ0v) is 12.1. The number of aryl methyl sites for hydroxylation is 1. The highest BCUT2D eigenvalue weighted by Crippen LogP contribution is 2.27. The van der Waals surface area contributed by atoms with Gasteiger partial charge in [0.1, 0.15) is 5.82 Å². The van der Waals surface area contributed by atoms with E-state index in [1.165, 1.54) is 6.26 Å². The summed E-state index contributed by atoms with van der Waals surface area (Å²) in [5.41, 5.74) is 3.73. The average molecular weight is 292 g/mol. The maximum atomic E-state index is 11.5. The molecule has 0 spiro atoms. The quantitative estimate of drug-likeness (QED) is 0.789. The fraction of sp³-hybridized carbons (Fsp3) is 0.154. The van der Waals surface area contributed by atoms with Crippen molar-refractivity contribution in [3.05, 3.63) is 34.5 Å². The van der Waals surface area contributed by atoms with Crippen LogP contribution in [-0.4, -0.2) is 24.6 Å². The van der Waals surface area contributed by atoms with Gasteiger partial charge in [-0.05, 0) is 36.1 Å². The van der Waals surface area contributed by atoms with Gasteiger partial charge < -0.3 is 4.98 Å². The third-order valence-electron chi connectivity index (χ3n) is 2.99. The molecule has 0 fully saturated rings. The minimum atomic E-state index is -3.19. The van der Waals surface area contributed by atoms with Gasteiger partial charge in [0.05, 0.1) is 15.9 Å². The van der Waals surface area contributed by atoms with Crippen LogP contribution in [0.2, 0.25) is 0 Å². The van der Waals surface area contributed by atoms with Crippen molar-refractivity contribution in [1.29, 1.82) is 0 Å². The van der Waals surface area contributed by atoms with E-state index in [4.69, 9.17) is 0 Å². The largest absolute Gasteiger partial charge is 0.338 e. The molecule has 4 nitrogen and oxygen atoms in total. The lowest BCUT2D eigenvalue weighted by Gasteiger charge is -1.96. The number of aromatic amines is 1. The molecular formula is C13H12N2O2S2. The monoisotopic (exact) mass is 292 g/mol. The fourth-order valence-electron chi connectivity index (χ4n) is 1.95. The Kier molecular flexibility index (Phi) is 2.72. The number of fused-ring (bicyclic) bond motifs is 1. The SMILES string of the molecule is Cc1cscc1-c1nc2ccc(S(C)(=O)=O)cc2[nH]1. The summed E-state index contributed by atoms with van der Waals surface area (Å²) in [4.78, 5) is 7.98. The molecule has 1 aromatic carbocycles. The maximum absolute atomic E-state index is 11.5. The normalized spacial score (nSPS) is 12.1. The van der Waals surface area contributed by atoms with E-state index < -0.39 is 9.84 Å². The van der Waals surface area contributed by atoms with Crippen molar-refractivity contribution in [2.45, 2.75) is 11.8 Å². The summed E-state index contributed by atoms with van der Waals surface area (Å²) in [6, 6.07) is 4.94. The van der Waals surface area contributed by atoms with Crippen LogP contribution in [0.4, 0.5) is 0 Å². The molecule has 98 valence electrons. The minimum Gasteiger partial charge on any atom is -0.338 e. The summed E-state index contributed by atoms with van der Waals surface area (Å²) in [6.45, 7) is 2.03. The summed E-state index contributed by atoms with van der Waals surface area (Å²) in [7, 11) is -3.19. The van der Waals surface area contributed by atoms with Gasteiger partial charge in [0.15, 0.2) is 9.84 Å². The molecule has 6 heteroatoms. The molecule has 19 heavy (non-hydrogen) atoms. The molecule has 3 aromatic rings. The van der Waals surface area contributed by atoms with Gasteiger partial charge in [0.25, 0.3) is 0 Å². The first kappa shape index (κ1) is 12.4. The highest BCUT2D eigenvalue weighted by molar-refractivity contribution is 7.90. The molecule has 0 aliphatic carbocycles. The van der Waals surface area contributed by atoms with Crippen LogP contribution in [-0.2, 0) is 9.84 Å². The molecule has 0 amide bonds. The van der Waals surface area contributed by atoms with Crippen LogP contribution in [0, 0.1) is 6.92 Å². The van der Waals surface area contributed by atoms with Crippen molar-refractivity contribution in [3.8, 4) is 11.4 Å². The number of rotatable bonds is 2. The standard InChI is InChI=1S/C13H12N2O2S2/c1-8-6-18-7-10(8)13-14-11-4-3-9(19(2,16)17)5-12(11)15-13/h3-7H,1-2H3,(H,14,15). The van der Waals surface area contributed by atoms with E-state index in [9.17, 15) is 8.42 Å². The zero-order valence-electron chi connectivity index (χ0n) is 10.5. The number of hydrogen-bond donors (Lipinski definition) is 1. The lowest BCUT2D eigenvalue weighted by Crippen LogP contribution is -1.96. The Morgan fingerprint density at radius 1 is 1.26 bits per heavy atom. The van der Waals surface area contributed by atoms with Gasteiger partial charge >= 0.3 is 0 Å². The zero-order chi connectivity index (χ0) is 13.6. The Labute approximate surface area is 115 Å².